The largest absolute Gasteiger partial charge is 0.396 e. The Hall–Kier alpha value is -1.39. The number of benzene rings is 1. The van der Waals surface area contributed by atoms with Gasteiger partial charge in [-0.05, 0) is 23.0 Å². The van der Waals surface area contributed by atoms with Gasteiger partial charge in [-0.1, -0.05) is 45.0 Å². The first-order valence-electron chi connectivity index (χ1n) is 7.05. The lowest BCUT2D eigenvalue weighted by Gasteiger charge is -2.31. The van der Waals surface area contributed by atoms with Crippen LogP contribution in [-0.4, -0.2) is 23.7 Å². The van der Waals surface area contributed by atoms with E-state index in [1.165, 1.54) is 0 Å². The molecule has 1 atom stereocenters. The van der Waals surface area contributed by atoms with Crippen LogP contribution in [0.25, 0.3) is 0 Å². The first kappa shape index (κ1) is 16.7. The van der Waals surface area contributed by atoms with E-state index in [9.17, 15) is 4.79 Å². The number of carbonyl (C=O) groups is 1. The molecule has 4 N–H and O–H groups in total. The summed E-state index contributed by atoms with van der Waals surface area (Å²) in [5, 5.41) is 12.1. The molecule has 4 nitrogen and oxygen atoms in total. The normalized spacial score (nSPS) is 13.1. The summed E-state index contributed by atoms with van der Waals surface area (Å²) in [6.45, 7) is 6.68. The Kier molecular flexibility index (Phi) is 6.17. The van der Waals surface area contributed by atoms with Crippen molar-refractivity contribution in [1.29, 1.82) is 0 Å². The van der Waals surface area contributed by atoms with Crippen molar-refractivity contribution in [2.45, 2.75) is 46.2 Å². The Morgan fingerprint density at radius 2 is 1.90 bits per heavy atom. The minimum absolute atomic E-state index is 0.0284. The Morgan fingerprint density at radius 1 is 1.30 bits per heavy atom. The molecule has 112 valence electrons. The fourth-order valence-corrected chi connectivity index (χ4v) is 2.20. The van der Waals surface area contributed by atoms with Crippen molar-refractivity contribution in [2.24, 2.45) is 11.1 Å². The maximum absolute atomic E-state index is 12.2. The van der Waals surface area contributed by atoms with Gasteiger partial charge >= 0.3 is 0 Å². The molecule has 0 spiro atoms. The number of rotatable bonds is 6. The summed E-state index contributed by atoms with van der Waals surface area (Å²) in [6, 6.07) is 7.67. The zero-order valence-electron chi connectivity index (χ0n) is 12.6. The second-order valence-electron chi connectivity index (χ2n) is 6.15. The van der Waals surface area contributed by atoms with Gasteiger partial charge < -0.3 is 16.2 Å². The van der Waals surface area contributed by atoms with Crippen molar-refractivity contribution < 1.29 is 9.90 Å². The van der Waals surface area contributed by atoms with Crippen LogP contribution in [0.2, 0.25) is 0 Å². The molecule has 0 saturated carbocycles. The second kappa shape index (κ2) is 7.41. The predicted molar refractivity (Wildman–Crippen MR) is 81.1 cm³/mol. The maximum Gasteiger partial charge on any atom is 0.224 e. The van der Waals surface area contributed by atoms with Crippen molar-refractivity contribution in [3.05, 3.63) is 35.4 Å². The fourth-order valence-electron chi connectivity index (χ4n) is 2.20. The van der Waals surface area contributed by atoms with Gasteiger partial charge in [0.15, 0.2) is 0 Å². The van der Waals surface area contributed by atoms with E-state index in [1.54, 1.807) is 0 Å². The van der Waals surface area contributed by atoms with Gasteiger partial charge in [0, 0.05) is 19.2 Å². The number of hydrogen-bond acceptors (Lipinski definition) is 3. The fraction of sp³-hybridized carbons (Fsp3) is 0.562. The highest BCUT2D eigenvalue weighted by atomic mass is 16.3. The van der Waals surface area contributed by atoms with E-state index in [-0.39, 0.29) is 24.0 Å². The van der Waals surface area contributed by atoms with Crippen LogP contribution < -0.4 is 11.1 Å². The van der Waals surface area contributed by atoms with Gasteiger partial charge in [-0.2, -0.15) is 0 Å². The molecule has 0 aliphatic heterocycles. The monoisotopic (exact) mass is 278 g/mol. The van der Waals surface area contributed by atoms with Crippen LogP contribution in [0.3, 0.4) is 0 Å². The zero-order chi connectivity index (χ0) is 15.2. The molecule has 20 heavy (non-hydrogen) atoms. The lowest BCUT2D eigenvalue weighted by molar-refractivity contribution is -0.122. The van der Waals surface area contributed by atoms with Gasteiger partial charge in [-0.3, -0.25) is 4.79 Å². The topological polar surface area (TPSA) is 75.3 Å². The molecule has 0 aromatic heterocycles. The Morgan fingerprint density at radius 3 is 2.40 bits per heavy atom. The third-order valence-electron chi connectivity index (χ3n) is 3.49. The van der Waals surface area contributed by atoms with Crippen molar-refractivity contribution in [3.8, 4) is 0 Å². The molecule has 1 rings (SSSR count). The van der Waals surface area contributed by atoms with Crippen LogP contribution in [0, 0.1) is 5.41 Å². The number of aliphatic hydroxyl groups excluding tert-OH is 1. The quantitative estimate of drug-likeness (QED) is 0.740. The Labute approximate surface area is 121 Å². The number of aliphatic hydroxyl groups is 1. The molecule has 0 fully saturated rings. The summed E-state index contributed by atoms with van der Waals surface area (Å²) in [5.41, 5.74) is 7.56. The summed E-state index contributed by atoms with van der Waals surface area (Å²) in [7, 11) is 0. The average molecular weight is 278 g/mol. The highest BCUT2D eigenvalue weighted by Crippen LogP contribution is 2.21. The molecule has 1 aromatic rings. The van der Waals surface area contributed by atoms with Gasteiger partial charge in [-0.15, -0.1) is 0 Å². The van der Waals surface area contributed by atoms with Crippen molar-refractivity contribution >= 4 is 5.91 Å². The van der Waals surface area contributed by atoms with E-state index in [2.05, 4.69) is 26.1 Å². The van der Waals surface area contributed by atoms with E-state index < -0.39 is 0 Å². The summed E-state index contributed by atoms with van der Waals surface area (Å²) in [4.78, 5) is 12.2. The molecule has 0 heterocycles. The molecule has 1 aromatic carbocycles. The molecule has 1 unspecified atom stereocenters. The van der Waals surface area contributed by atoms with Gasteiger partial charge in [-0.25, -0.2) is 0 Å². The van der Waals surface area contributed by atoms with Crippen LogP contribution in [0.15, 0.2) is 24.3 Å². The minimum atomic E-state index is -0.0776. The number of nitrogens with one attached hydrogen (secondary N) is 1. The van der Waals surface area contributed by atoms with Gasteiger partial charge in [0.2, 0.25) is 5.91 Å². The van der Waals surface area contributed by atoms with Crippen LogP contribution in [-0.2, 0) is 17.8 Å². The van der Waals surface area contributed by atoms with E-state index in [0.717, 1.165) is 11.1 Å². The minimum Gasteiger partial charge on any atom is -0.396 e. The molecule has 0 aliphatic rings. The molecular formula is C16H26N2O2. The first-order valence-corrected chi connectivity index (χ1v) is 7.05. The number of hydrogen-bond donors (Lipinski definition) is 3. The van der Waals surface area contributed by atoms with Crippen molar-refractivity contribution in [3.63, 3.8) is 0 Å². The number of nitrogens with two attached hydrogens (primary N) is 1. The highest BCUT2D eigenvalue weighted by molar-refractivity contribution is 5.79. The summed E-state index contributed by atoms with van der Waals surface area (Å²) >= 11 is 0. The molecule has 0 bridgehead atoms. The molecule has 0 saturated heterocycles. The maximum atomic E-state index is 12.2. The lowest BCUT2D eigenvalue weighted by atomic mass is 9.84. The first-order chi connectivity index (χ1) is 9.38. The third-order valence-corrected chi connectivity index (χ3v) is 3.49. The SMILES string of the molecule is CC(C)(C)C(CCO)NC(=O)Cc1ccccc1CN. The molecular weight excluding hydrogens is 252 g/mol. The van der Waals surface area contributed by atoms with Crippen LogP contribution in [0.1, 0.15) is 38.3 Å². The van der Waals surface area contributed by atoms with E-state index in [1.807, 2.05) is 24.3 Å². The third kappa shape index (κ3) is 4.94. The Bertz CT molecular complexity index is 438. The summed E-state index contributed by atoms with van der Waals surface area (Å²) in [6.07, 6.45) is 0.888. The van der Waals surface area contributed by atoms with Gasteiger partial charge in [0.1, 0.15) is 0 Å². The van der Waals surface area contributed by atoms with Crippen molar-refractivity contribution in [2.75, 3.05) is 6.61 Å². The van der Waals surface area contributed by atoms with E-state index in [4.69, 9.17) is 10.8 Å². The smallest absolute Gasteiger partial charge is 0.224 e. The zero-order valence-corrected chi connectivity index (χ0v) is 12.6. The average Bonchev–Trinajstić information content (AvgIpc) is 2.37. The van der Waals surface area contributed by atoms with Gasteiger partial charge in [0.05, 0.1) is 6.42 Å². The number of amides is 1. The van der Waals surface area contributed by atoms with E-state index in [0.29, 0.717) is 19.4 Å². The second-order valence-corrected chi connectivity index (χ2v) is 6.15. The summed E-state index contributed by atoms with van der Waals surface area (Å²) < 4.78 is 0. The van der Waals surface area contributed by atoms with Crippen LogP contribution in [0.4, 0.5) is 0 Å². The van der Waals surface area contributed by atoms with Gasteiger partial charge in [0.25, 0.3) is 0 Å². The predicted octanol–water partition coefficient (Wildman–Crippen LogP) is 1.60. The van der Waals surface area contributed by atoms with Crippen LogP contribution in [0.5, 0.6) is 0 Å². The molecule has 1 amide bonds. The highest BCUT2D eigenvalue weighted by Gasteiger charge is 2.25. The Balaban J connectivity index is 2.71. The van der Waals surface area contributed by atoms with Crippen molar-refractivity contribution in [1.82, 2.24) is 5.32 Å². The van der Waals surface area contributed by atoms with Crippen LogP contribution >= 0.6 is 0 Å². The summed E-state index contributed by atoms with van der Waals surface area (Å²) in [5.74, 6) is -0.0284. The molecule has 0 radical (unpaired) electrons. The standard InChI is InChI=1S/C16H26N2O2/c1-16(2,3)14(8-9-19)18-15(20)10-12-6-4-5-7-13(12)11-17/h4-7,14,19H,8-11,17H2,1-3H3,(H,18,20). The van der Waals surface area contributed by atoms with E-state index >= 15 is 0 Å². The lowest BCUT2D eigenvalue weighted by Crippen LogP contribution is -2.44. The number of carbonyl (C=O) groups excluding carboxylic acids is 1. The molecule has 0 aliphatic carbocycles. The molecule has 4 heteroatoms.